The van der Waals surface area contributed by atoms with Crippen LogP contribution in [0.5, 0.6) is 0 Å². The second-order valence-electron chi connectivity index (χ2n) is 8.48. The Balaban J connectivity index is 1.25. The van der Waals surface area contributed by atoms with Crippen molar-refractivity contribution in [3.05, 3.63) is 70.6 Å². The van der Waals surface area contributed by atoms with Gasteiger partial charge in [-0.1, -0.05) is 24.3 Å². The highest BCUT2D eigenvalue weighted by molar-refractivity contribution is 7.99. The summed E-state index contributed by atoms with van der Waals surface area (Å²) >= 11 is 2.60. The monoisotopic (exact) mass is 519 g/mol. The summed E-state index contributed by atoms with van der Waals surface area (Å²) in [5, 5.41) is 26.1. The summed E-state index contributed by atoms with van der Waals surface area (Å²) in [6.45, 7) is 0. The lowest BCUT2D eigenvalue weighted by molar-refractivity contribution is -0.119. The van der Waals surface area contributed by atoms with E-state index in [0.29, 0.717) is 33.3 Å². The van der Waals surface area contributed by atoms with Gasteiger partial charge in [0.2, 0.25) is 5.91 Å². The summed E-state index contributed by atoms with van der Waals surface area (Å²) in [6, 6.07) is 15.2. The number of benzene rings is 2. The molecule has 3 amide bonds. The summed E-state index contributed by atoms with van der Waals surface area (Å²) in [4.78, 5) is 42.8. The lowest BCUT2D eigenvalue weighted by atomic mass is 10.1. The van der Waals surface area contributed by atoms with Crippen LogP contribution in [0.3, 0.4) is 0 Å². The summed E-state index contributed by atoms with van der Waals surface area (Å²) in [6.07, 6.45) is 0.855. The van der Waals surface area contributed by atoms with Crippen molar-refractivity contribution in [1.82, 2.24) is 15.2 Å². The van der Waals surface area contributed by atoms with Crippen LogP contribution in [0.2, 0.25) is 0 Å². The second kappa shape index (κ2) is 10.0. The number of nitrogens with zero attached hydrogens (tertiary/aromatic N) is 3. The third-order valence-electron chi connectivity index (χ3n) is 5.94. The number of carboxylic acid groups (broad SMARTS) is 1. The SMILES string of the molecule is N#Cc1ccc(C2SCC(C(=O)Nc3nc(-c4ccc(C(=O)NC5CC5)cc4)cs3)N2C(=O)O)cc1. The first-order chi connectivity index (χ1) is 17.4. The average Bonchev–Trinajstić information content (AvgIpc) is 3.39. The van der Waals surface area contributed by atoms with E-state index in [-0.39, 0.29) is 11.9 Å². The number of hydrogen-bond donors (Lipinski definition) is 3. The molecule has 1 aliphatic heterocycles. The first-order valence-corrected chi connectivity index (χ1v) is 13.2. The van der Waals surface area contributed by atoms with Crippen molar-refractivity contribution in [2.75, 3.05) is 11.1 Å². The normalized spacial score (nSPS) is 18.9. The van der Waals surface area contributed by atoms with E-state index in [1.807, 2.05) is 18.2 Å². The smallest absolute Gasteiger partial charge is 0.409 e. The molecule has 2 heterocycles. The Bertz CT molecular complexity index is 1350. The van der Waals surface area contributed by atoms with Gasteiger partial charge in [0.25, 0.3) is 5.91 Å². The number of thioether (sulfide) groups is 1. The topological polar surface area (TPSA) is 135 Å². The number of thiazole rings is 1. The molecule has 0 bridgehead atoms. The molecule has 2 aromatic carbocycles. The molecule has 3 aromatic rings. The molecule has 3 N–H and O–H groups in total. The molecule has 1 aliphatic carbocycles. The number of nitriles is 1. The van der Waals surface area contributed by atoms with Gasteiger partial charge in [-0.25, -0.2) is 9.78 Å². The van der Waals surface area contributed by atoms with Gasteiger partial charge < -0.3 is 15.7 Å². The minimum absolute atomic E-state index is 0.0907. The lowest BCUT2D eigenvalue weighted by Gasteiger charge is -2.25. The Morgan fingerprint density at radius 1 is 1.08 bits per heavy atom. The number of rotatable bonds is 6. The van der Waals surface area contributed by atoms with Crippen LogP contribution in [0.4, 0.5) is 9.93 Å². The number of carbonyl (C=O) groups is 3. The van der Waals surface area contributed by atoms with Crippen molar-refractivity contribution in [3.8, 4) is 17.3 Å². The van der Waals surface area contributed by atoms with Crippen LogP contribution in [-0.2, 0) is 4.79 Å². The number of anilines is 1. The molecule has 5 rings (SSSR count). The van der Waals surface area contributed by atoms with Crippen LogP contribution in [-0.4, -0.2) is 50.7 Å². The molecule has 0 radical (unpaired) electrons. The van der Waals surface area contributed by atoms with E-state index in [1.165, 1.54) is 23.1 Å². The minimum Gasteiger partial charge on any atom is -0.465 e. The molecular formula is C25H21N5O4S2. The zero-order chi connectivity index (χ0) is 25.2. The number of amides is 3. The van der Waals surface area contributed by atoms with Gasteiger partial charge in [0, 0.05) is 28.3 Å². The Labute approximate surface area is 215 Å². The number of carbonyl (C=O) groups excluding carboxylic acids is 2. The van der Waals surface area contributed by atoms with E-state index < -0.39 is 23.4 Å². The predicted molar refractivity (Wildman–Crippen MR) is 137 cm³/mol. The van der Waals surface area contributed by atoms with E-state index >= 15 is 0 Å². The van der Waals surface area contributed by atoms with E-state index in [1.54, 1.807) is 41.8 Å². The number of hydrogen-bond acceptors (Lipinski definition) is 7. The van der Waals surface area contributed by atoms with Crippen molar-refractivity contribution in [2.45, 2.75) is 30.3 Å². The summed E-state index contributed by atoms with van der Waals surface area (Å²) in [5.74, 6) is -0.244. The van der Waals surface area contributed by atoms with Gasteiger partial charge in [-0.2, -0.15) is 5.26 Å². The van der Waals surface area contributed by atoms with Crippen molar-refractivity contribution in [2.24, 2.45) is 0 Å². The van der Waals surface area contributed by atoms with Gasteiger partial charge >= 0.3 is 6.09 Å². The molecule has 1 saturated heterocycles. The van der Waals surface area contributed by atoms with Crippen LogP contribution in [0.15, 0.2) is 53.9 Å². The van der Waals surface area contributed by atoms with Crippen molar-refractivity contribution in [3.63, 3.8) is 0 Å². The molecule has 182 valence electrons. The lowest BCUT2D eigenvalue weighted by Crippen LogP contribution is -2.44. The van der Waals surface area contributed by atoms with Crippen LogP contribution < -0.4 is 10.6 Å². The van der Waals surface area contributed by atoms with Gasteiger partial charge in [-0.15, -0.1) is 23.1 Å². The Kier molecular flexibility index (Phi) is 6.63. The average molecular weight is 520 g/mol. The fourth-order valence-corrected chi connectivity index (χ4v) is 6.01. The van der Waals surface area contributed by atoms with Crippen LogP contribution in [0, 0.1) is 11.3 Å². The van der Waals surface area contributed by atoms with Crippen LogP contribution in [0.25, 0.3) is 11.3 Å². The van der Waals surface area contributed by atoms with Crippen molar-refractivity contribution < 1.29 is 19.5 Å². The molecule has 11 heteroatoms. The molecular weight excluding hydrogens is 498 g/mol. The molecule has 36 heavy (non-hydrogen) atoms. The Morgan fingerprint density at radius 3 is 2.44 bits per heavy atom. The summed E-state index contributed by atoms with van der Waals surface area (Å²) in [5.41, 5.74) is 3.23. The maximum atomic E-state index is 13.0. The predicted octanol–water partition coefficient (Wildman–Crippen LogP) is 4.31. The Morgan fingerprint density at radius 2 is 1.81 bits per heavy atom. The maximum Gasteiger partial charge on any atom is 0.409 e. The molecule has 2 atom stereocenters. The quantitative estimate of drug-likeness (QED) is 0.442. The third-order valence-corrected chi connectivity index (χ3v) is 8.02. The molecule has 2 aliphatic rings. The molecule has 2 unspecified atom stereocenters. The molecule has 0 spiro atoms. The fraction of sp³-hybridized carbons (Fsp3) is 0.240. The fourth-order valence-electron chi connectivity index (χ4n) is 3.86. The summed E-state index contributed by atoms with van der Waals surface area (Å²) in [7, 11) is 0. The van der Waals surface area contributed by atoms with Gasteiger partial charge in [-0.05, 0) is 42.7 Å². The summed E-state index contributed by atoms with van der Waals surface area (Å²) < 4.78 is 0. The first-order valence-electron chi connectivity index (χ1n) is 11.2. The number of nitrogens with one attached hydrogen (secondary N) is 2. The maximum absolute atomic E-state index is 13.0. The minimum atomic E-state index is -1.19. The van der Waals surface area contributed by atoms with E-state index in [4.69, 9.17) is 5.26 Å². The van der Waals surface area contributed by atoms with E-state index in [0.717, 1.165) is 23.3 Å². The van der Waals surface area contributed by atoms with Gasteiger partial charge in [0.05, 0.1) is 17.3 Å². The molecule has 9 nitrogen and oxygen atoms in total. The van der Waals surface area contributed by atoms with Gasteiger partial charge in [0.1, 0.15) is 11.4 Å². The number of aromatic nitrogens is 1. The Hall–Kier alpha value is -3.88. The molecule has 2 fully saturated rings. The largest absolute Gasteiger partial charge is 0.465 e. The molecule has 1 aromatic heterocycles. The van der Waals surface area contributed by atoms with Crippen molar-refractivity contribution >= 4 is 46.1 Å². The van der Waals surface area contributed by atoms with Crippen LogP contribution in [0.1, 0.15) is 39.7 Å². The van der Waals surface area contributed by atoms with E-state index in [9.17, 15) is 19.5 Å². The highest BCUT2D eigenvalue weighted by Gasteiger charge is 2.42. The zero-order valence-electron chi connectivity index (χ0n) is 18.9. The third kappa shape index (κ3) is 5.05. The molecule has 1 saturated carbocycles. The van der Waals surface area contributed by atoms with Gasteiger partial charge in [0.15, 0.2) is 5.13 Å². The van der Waals surface area contributed by atoms with Gasteiger partial charge in [-0.3, -0.25) is 14.5 Å². The zero-order valence-corrected chi connectivity index (χ0v) is 20.5. The highest BCUT2D eigenvalue weighted by atomic mass is 32.2. The second-order valence-corrected chi connectivity index (χ2v) is 10.4. The van der Waals surface area contributed by atoms with Crippen LogP contribution >= 0.6 is 23.1 Å². The highest BCUT2D eigenvalue weighted by Crippen LogP contribution is 2.41. The van der Waals surface area contributed by atoms with E-state index in [2.05, 4.69) is 15.6 Å². The van der Waals surface area contributed by atoms with Crippen molar-refractivity contribution in [1.29, 1.82) is 5.26 Å². The standard InChI is InChI=1S/C25H21N5O4S2/c26-11-14-1-3-17(4-2-14)23-30(25(33)34)20(13-35-23)22(32)29-24-28-19(12-36-24)15-5-7-16(8-6-15)21(31)27-18-9-10-18/h1-8,12,18,20,23H,9-10,13H2,(H,27,31)(H,33,34)(H,28,29,32). The first kappa shape index (κ1) is 23.8.